The maximum Gasteiger partial charge on any atom is 0.410 e. The number of carbonyl (C=O) groups excluding carboxylic acids is 1. The largest absolute Gasteiger partial charge is 0.475 e. The molecule has 0 bridgehead atoms. The van der Waals surface area contributed by atoms with E-state index in [0.717, 1.165) is 23.9 Å². The summed E-state index contributed by atoms with van der Waals surface area (Å²) in [5.74, 6) is 1.11. The summed E-state index contributed by atoms with van der Waals surface area (Å²) in [4.78, 5) is 23.4. The Kier molecular flexibility index (Phi) is 5.68. The van der Waals surface area contributed by atoms with Gasteiger partial charge in [0.15, 0.2) is 5.82 Å². The highest BCUT2D eigenvalue weighted by atomic mass is 16.6. The highest BCUT2D eigenvalue weighted by Crippen LogP contribution is 2.26. The molecule has 0 spiro atoms. The van der Waals surface area contributed by atoms with E-state index >= 15 is 0 Å². The van der Waals surface area contributed by atoms with Gasteiger partial charge in [0.05, 0.1) is 17.6 Å². The van der Waals surface area contributed by atoms with E-state index < -0.39 is 5.60 Å². The molecule has 7 nitrogen and oxygen atoms in total. The molecule has 2 heterocycles. The molecule has 0 saturated carbocycles. The number of aromatic nitrogens is 2. The number of benzene rings is 1. The quantitative estimate of drug-likeness (QED) is 0.879. The molecule has 1 aliphatic rings. The van der Waals surface area contributed by atoms with E-state index in [2.05, 4.69) is 15.3 Å². The lowest BCUT2D eigenvalue weighted by molar-refractivity contribution is 0.0206. The zero-order valence-electron chi connectivity index (χ0n) is 16.5. The number of likely N-dealkylation sites (tertiary alicyclic amines) is 1. The topological polar surface area (TPSA) is 76.6 Å². The highest BCUT2D eigenvalue weighted by molar-refractivity contribution is 5.77. The minimum atomic E-state index is -0.497. The Morgan fingerprint density at radius 2 is 1.96 bits per heavy atom. The SMILES string of the molecule is CCOc1nc2ccccc2nc1N[C@@H]1CCCN(C(=O)OC(C)(C)C)C1. The minimum absolute atomic E-state index is 0.0703. The molecule has 1 aromatic carbocycles. The number of nitrogens with zero attached hydrogens (tertiary/aromatic N) is 3. The molecule has 7 heteroatoms. The minimum Gasteiger partial charge on any atom is -0.475 e. The molecule has 1 aliphatic heterocycles. The zero-order chi connectivity index (χ0) is 19.4. The number of anilines is 1. The van der Waals surface area contributed by atoms with Gasteiger partial charge in [-0.2, -0.15) is 0 Å². The highest BCUT2D eigenvalue weighted by Gasteiger charge is 2.28. The van der Waals surface area contributed by atoms with E-state index in [-0.39, 0.29) is 12.1 Å². The number of hydrogen-bond acceptors (Lipinski definition) is 6. The van der Waals surface area contributed by atoms with Crippen molar-refractivity contribution in [1.82, 2.24) is 14.9 Å². The summed E-state index contributed by atoms with van der Waals surface area (Å²) in [5, 5.41) is 3.43. The second kappa shape index (κ2) is 7.98. The van der Waals surface area contributed by atoms with Crippen molar-refractivity contribution in [2.75, 3.05) is 25.0 Å². The monoisotopic (exact) mass is 372 g/mol. The van der Waals surface area contributed by atoms with Crippen LogP contribution in [0.1, 0.15) is 40.5 Å². The maximum atomic E-state index is 12.4. The van der Waals surface area contributed by atoms with Gasteiger partial charge in [0.25, 0.3) is 5.88 Å². The second-order valence-corrected chi connectivity index (χ2v) is 7.71. The molecule has 0 unspecified atom stereocenters. The molecule has 146 valence electrons. The first-order chi connectivity index (χ1) is 12.9. The van der Waals surface area contributed by atoms with Crippen molar-refractivity contribution in [3.63, 3.8) is 0 Å². The Bertz CT molecular complexity index is 803. The van der Waals surface area contributed by atoms with Gasteiger partial charge >= 0.3 is 6.09 Å². The first kappa shape index (κ1) is 19.2. The van der Waals surface area contributed by atoms with Crippen LogP contribution in [0.4, 0.5) is 10.6 Å². The lowest BCUT2D eigenvalue weighted by atomic mass is 10.1. The number of rotatable bonds is 4. The number of fused-ring (bicyclic) bond motifs is 1. The second-order valence-electron chi connectivity index (χ2n) is 7.71. The molecule has 1 N–H and O–H groups in total. The summed E-state index contributed by atoms with van der Waals surface area (Å²) in [6.45, 7) is 9.34. The van der Waals surface area contributed by atoms with E-state index in [1.165, 1.54) is 0 Å². The van der Waals surface area contributed by atoms with Crippen molar-refractivity contribution >= 4 is 22.9 Å². The fraction of sp³-hybridized carbons (Fsp3) is 0.550. The number of nitrogens with one attached hydrogen (secondary N) is 1. The number of hydrogen-bond donors (Lipinski definition) is 1. The fourth-order valence-electron chi connectivity index (χ4n) is 3.10. The predicted molar refractivity (Wildman–Crippen MR) is 105 cm³/mol. The molecule has 1 amide bonds. The number of amides is 1. The van der Waals surface area contributed by atoms with Gasteiger partial charge in [0, 0.05) is 19.1 Å². The summed E-state index contributed by atoms with van der Waals surface area (Å²) in [6, 6.07) is 7.78. The Balaban J connectivity index is 1.75. The van der Waals surface area contributed by atoms with Crippen LogP contribution in [0.25, 0.3) is 11.0 Å². The van der Waals surface area contributed by atoms with Crippen LogP contribution in [0.3, 0.4) is 0 Å². The van der Waals surface area contributed by atoms with Gasteiger partial charge in [-0.25, -0.2) is 14.8 Å². The number of ether oxygens (including phenoxy) is 2. The molecular weight excluding hydrogens is 344 g/mol. The smallest absolute Gasteiger partial charge is 0.410 e. The van der Waals surface area contributed by atoms with Crippen LogP contribution in [0.2, 0.25) is 0 Å². The van der Waals surface area contributed by atoms with E-state index in [9.17, 15) is 4.79 Å². The maximum absolute atomic E-state index is 12.4. The van der Waals surface area contributed by atoms with Crippen molar-refractivity contribution in [1.29, 1.82) is 0 Å². The lowest BCUT2D eigenvalue weighted by Crippen LogP contribution is -2.47. The average Bonchev–Trinajstić information content (AvgIpc) is 2.61. The normalized spacial score (nSPS) is 17.6. The lowest BCUT2D eigenvalue weighted by Gasteiger charge is -2.34. The molecule has 1 atom stereocenters. The molecule has 2 aromatic rings. The molecule has 1 fully saturated rings. The van der Waals surface area contributed by atoms with E-state index in [0.29, 0.717) is 31.4 Å². The fourth-order valence-corrected chi connectivity index (χ4v) is 3.10. The van der Waals surface area contributed by atoms with Crippen LogP contribution in [-0.4, -0.2) is 52.3 Å². The average molecular weight is 372 g/mol. The van der Waals surface area contributed by atoms with Crippen LogP contribution >= 0.6 is 0 Å². The van der Waals surface area contributed by atoms with Gasteiger partial charge < -0.3 is 19.7 Å². The standard InChI is InChI=1S/C20H28N4O3/c1-5-26-18-17(22-15-10-6-7-11-16(15)23-18)21-14-9-8-12-24(13-14)19(25)27-20(2,3)4/h6-7,10-11,14H,5,8-9,12-13H2,1-4H3,(H,21,22)/t14-/m1/s1. The third kappa shape index (κ3) is 4.99. The zero-order valence-corrected chi connectivity index (χ0v) is 16.5. The first-order valence-corrected chi connectivity index (χ1v) is 9.50. The summed E-state index contributed by atoms with van der Waals surface area (Å²) in [7, 11) is 0. The molecule has 0 radical (unpaired) electrons. The van der Waals surface area contributed by atoms with Crippen molar-refractivity contribution in [2.24, 2.45) is 0 Å². The molecule has 3 rings (SSSR count). The van der Waals surface area contributed by atoms with Crippen LogP contribution in [0.15, 0.2) is 24.3 Å². The summed E-state index contributed by atoms with van der Waals surface area (Å²) in [6.07, 6.45) is 1.57. The van der Waals surface area contributed by atoms with Crippen LogP contribution in [0, 0.1) is 0 Å². The van der Waals surface area contributed by atoms with Gasteiger partial charge in [-0.3, -0.25) is 0 Å². The first-order valence-electron chi connectivity index (χ1n) is 9.50. The summed E-state index contributed by atoms with van der Waals surface area (Å²) < 4.78 is 11.2. The van der Waals surface area contributed by atoms with Crippen LogP contribution < -0.4 is 10.1 Å². The van der Waals surface area contributed by atoms with Crippen molar-refractivity contribution in [3.8, 4) is 5.88 Å². The van der Waals surface area contributed by atoms with Crippen LogP contribution in [-0.2, 0) is 4.74 Å². The third-order valence-electron chi connectivity index (χ3n) is 4.23. The Morgan fingerprint density at radius 3 is 2.63 bits per heavy atom. The van der Waals surface area contributed by atoms with Crippen molar-refractivity contribution < 1.29 is 14.3 Å². The van der Waals surface area contributed by atoms with Crippen molar-refractivity contribution in [3.05, 3.63) is 24.3 Å². The van der Waals surface area contributed by atoms with Gasteiger partial charge in [-0.1, -0.05) is 12.1 Å². The Labute approximate surface area is 160 Å². The summed E-state index contributed by atoms with van der Waals surface area (Å²) >= 11 is 0. The molecule has 0 aliphatic carbocycles. The molecule has 1 saturated heterocycles. The number of piperidine rings is 1. The van der Waals surface area contributed by atoms with Gasteiger partial charge in [-0.15, -0.1) is 0 Å². The predicted octanol–water partition coefficient (Wildman–Crippen LogP) is 3.84. The Morgan fingerprint density at radius 1 is 1.26 bits per heavy atom. The molecular formula is C20H28N4O3. The molecule has 1 aromatic heterocycles. The summed E-state index contributed by atoms with van der Waals surface area (Å²) in [5.41, 5.74) is 1.11. The third-order valence-corrected chi connectivity index (χ3v) is 4.23. The van der Waals surface area contributed by atoms with Crippen LogP contribution in [0.5, 0.6) is 5.88 Å². The van der Waals surface area contributed by atoms with E-state index in [1.54, 1.807) is 4.90 Å². The van der Waals surface area contributed by atoms with Gasteiger partial charge in [-0.05, 0) is 52.7 Å². The number of para-hydroxylation sites is 2. The molecule has 27 heavy (non-hydrogen) atoms. The van der Waals surface area contributed by atoms with Gasteiger partial charge in [0.2, 0.25) is 0 Å². The Hall–Kier alpha value is -2.57. The van der Waals surface area contributed by atoms with Gasteiger partial charge in [0.1, 0.15) is 5.60 Å². The van der Waals surface area contributed by atoms with Crippen molar-refractivity contribution in [2.45, 2.75) is 52.2 Å². The number of carbonyl (C=O) groups is 1. The van der Waals surface area contributed by atoms with E-state index in [1.807, 2.05) is 52.0 Å². The van der Waals surface area contributed by atoms with E-state index in [4.69, 9.17) is 9.47 Å².